The third-order valence-electron chi connectivity index (χ3n) is 6.50. The van der Waals surface area contributed by atoms with Crippen molar-refractivity contribution >= 4 is 45.0 Å². The molecule has 4 rings (SSSR count). The van der Waals surface area contributed by atoms with Crippen LogP contribution in [0.2, 0.25) is 0 Å². The predicted octanol–water partition coefficient (Wildman–Crippen LogP) is 5.80. The van der Waals surface area contributed by atoms with Crippen molar-refractivity contribution in [1.29, 1.82) is 10.5 Å². The summed E-state index contributed by atoms with van der Waals surface area (Å²) in [5.41, 5.74) is 8.92. The Balaban J connectivity index is 1.57. The lowest BCUT2D eigenvalue weighted by atomic mass is 9.94. The molecule has 2 aromatic heterocycles. The number of nitrogen functional groups attached to an aromatic ring is 1. The van der Waals surface area contributed by atoms with Crippen molar-refractivity contribution in [1.82, 2.24) is 10.1 Å². The minimum atomic E-state index is -3.92. The number of pyridine rings is 1. The standard InChI is InChI=1S/C30H29N7O4S2/c1-5-25(29(38)34-21-10-12-22(13-11-21)43(39,40)37-26-14-18(4)41-36-26)42-30-24(16-32)27(23(15-31)28(33)35-30)20-8-6-19(7-9-20)17(2)3/h6-14,17,25H,5H2,1-4H3,(H2,33,35)(H,34,38)(H,36,37). The predicted molar refractivity (Wildman–Crippen MR) is 165 cm³/mol. The van der Waals surface area contributed by atoms with Crippen molar-refractivity contribution < 1.29 is 17.7 Å². The highest BCUT2D eigenvalue weighted by atomic mass is 32.2. The summed E-state index contributed by atoms with van der Waals surface area (Å²) in [6.07, 6.45) is 0.384. The lowest BCUT2D eigenvalue weighted by Crippen LogP contribution is -2.25. The Labute approximate surface area is 254 Å². The van der Waals surface area contributed by atoms with Gasteiger partial charge in [0.05, 0.1) is 15.7 Å². The number of nitrogens with zero attached hydrogens (tertiary/aromatic N) is 4. The quantitative estimate of drug-likeness (QED) is 0.184. The number of sulfonamides is 1. The first kappa shape index (κ1) is 31.1. The van der Waals surface area contributed by atoms with Gasteiger partial charge in [0.1, 0.15) is 34.3 Å². The van der Waals surface area contributed by atoms with Gasteiger partial charge in [0.25, 0.3) is 10.0 Å². The number of aromatic nitrogens is 2. The molecule has 4 aromatic rings. The van der Waals surface area contributed by atoms with Crippen LogP contribution >= 0.6 is 11.8 Å². The fourth-order valence-corrected chi connectivity index (χ4v) is 6.22. The van der Waals surface area contributed by atoms with Gasteiger partial charge >= 0.3 is 0 Å². The summed E-state index contributed by atoms with van der Waals surface area (Å²) >= 11 is 1.07. The fraction of sp³-hybridized carbons (Fsp3) is 0.233. The van der Waals surface area contributed by atoms with Crippen LogP contribution in [0.25, 0.3) is 11.1 Å². The van der Waals surface area contributed by atoms with Gasteiger partial charge in [0.15, 0.2) is 5.82 Å². The molecule has 2 heterocycles. The minimum absolute atomic E-state index is 0.0301. The van der Waals surface area contributed by atoms with Crippen molar-refractivity contribution in [3.8, 4) is 23.3 Å². The number of anilines is 3. The molecule has 0 aliphatic rings. The van der Waals surface area contributed by atoms with E-state index in [1.54, 1.807) is 6.92 Å². The van der Waals surface area contributed by atoms with Crippen LogP contribution in [0.3, 0.4) is 0 Å². The maximum Gasteiger partial charge on any atom is 0.263 e. The summed E-state index contributed by atoms with van der Waals surface area (Å²) < 4.78 is 32.5. The van der Waals surface area contributed by atoms with Gasteiger partial charge in [-0.15, -0.1) is 0 Å². The Morgan fingerprint density at radius 1 is 1.07 bits per heavy atom. The summed E-state index contributed by atoms with van der Waals surface area (Å²) in [4.78, 5) is 17.6. The molecule has 4 N–H and O–H groups in total. The Kier molecular flexibility index (Phi) is 9.39. The third kappa shape index (κ3) is 6.97. The zero-order chi connectivity index (χ0) is 31.3. The molecule has 0 fully saturated rings. The Morgan fingerprint density at radius 2 is 1.72 bits per heavy atom. The molecule has 1 unspecified atom stereocenters. The second-order valence-electron chi connectivity index (χ2n) is 9.88. The molecule has 0 saturated heterocycles. The molecule has 11 nitrogen and oxygen atoms in total. The van der Waals surface area contributed by atoms with Gasteiger partial charge in [-0.1, -0.05) is 62.0 Å². The van der Waals surface area contributed by atoms with E-state index in [-0.39, 0.29) is 38.6 Å². The monoisotopic (exact) mass is 615 g/mol. The Hall–Kier alpha value is -4.85. The van der Waals surface area contributed by atoms with Crippen LogP contribution < -0.4 is 15.8 Å². The maximum atomic E-state index is 13.3. The number of benzene rings is 2. The highest BCUT2D eigenvalue weighted by Crippen LogP contribution is 2.38. The number of thioether (sulfide) groups is 1. The molecule has 0 saturated carbocycles. The first-order chi connectivity index (χ1) is 20.5. The van der Waals surface area contributed by atoms with E-state index < -0.39 is 15.3 Å². The van der Waals surface area contributed by atoms with Gasteiger partial charge in [-0.25, -0.2) is 13.4 Å². The van der Waals surface area contributed by atoms with Crippen LogP contribution in [0.5, 0.6) is 0 Å². The van der Waals surface area contributed by atoms with E-state index in [0.717, 1.165) is 17.3 Å². The zero-order valence-corrected chi connectivity index (χ0v) is 25.5. The molecular weight excluding hydrogens is 587 g/mol. The van der Waals surface area contributed by atoms with Crippen molar-refractivity contribution in [3.63, 3.8) is 0 Å². The Bertz CT molecular complexity index is 1840. The van der Waals surface area contributed by atoms with Crippen LogP contribution in [-0.4, -0.2) is 29.7 Å². The number of aryl methyl sites for hydroxylation is 1. The first-order valence-corrected chi connectivity index (χ1v) is 15.6. The van der Waals surface area contributed by atoms with Gasteiger partial charge < -0.3 is 15.6 Å². The van der Waals surface area contributed by atoms with E-state index >= 15 is 0 Å². The number of nitrogens with two attached hydrogens (primary N) is 1. The second kappa shape index (κ2) is 13.0. The van der Waals surface area contributed by atoms with E-state index in [0.29, 0.717) is 34.9 Å². The summed E-state index contributed by atoms with van der Waals surface area (Å²) in [5, 5.41) is 26.0. The van der Waals surface area contributed by atoms with Crippen LogP contribution in [0.1, 0.15) is 55.6 Å². The number of rotatable bonds is 10. The van der Waals surface area contributed by atoms with Crippen molar-refractivity contribution in [3.05, 3.63) is 77.0 Å². The summed E-state index contributed by atoms with van der Waals surface area (Å²) in [6, 6.07) is 18.9. The van der Waals surface area contributed by atoms with Crippen LogP contribution in [-0.2, 0) is 14.8 Å². The number of carbonyl (C=O) groups is 1. The molecule has 0 spiro atoms. The van der Waals surface area contributed by atoms with E-state index in [4.69, 9.17) is 10.3 Å². The van der Waals surface area contributed by atoms with Gasteiger partial charge in [0.2, 0.25) is 5.91 Å². The molecule has 0 bridgehead atoms. The van der Waals surface area contributed by atoms with E-state index in [2.05, 4.69) is 46.2 Å². The SMILES string of the molecule is CCC(Sc1nc(N)c(C#N)c(-c2ccc(C(C)C)cc2)c1C#N)C(=O)Nc1ccc(S(=O)(=O)Nc2cc(C)on2)cc1. The van der Waals surface area contributed by atoms with Gasteiger partial charge in [-0.2, -0.15) is 10.5 Å². The van der Waals surface area contributed by atoms with Crippen LogP contribution in [0.4, 0.5) is 17.3 Å². The van der Waals surface area contributed by atoms with Crippen molar-refractivity contribution in [2.24, 2.45) is 0 Å². The second-order valence-corrected chi connectivity index (χ2v) is 12.8. The number of nitrogens with one attached hydrogen (secondary N) is 2. The average Bonchev–Trinajstić information content (AvgIpc) is 3.39. The van der Waals surface area contributed by atoms with Crippen LogP contribution in [0.15, 0.2) is 69.0 Å². The van der Waals surface area contributed by atoms with Gasteiger partial charge in [-0.05, 0) is 54.7 Å². The summed E-state index contributed by atoms with van der Waals surface area (Å²) in [7, 11) is -3.92. The first-order valence-electron chi connectivity index (χ1n) is 13.2. The molecule has 0 aliphatic heterocycles. The molecule has 2 aromatic carbocycles. The summed E-state index contributed by atoms with van der Waals surface area (Å²) in [6.45, 7) is 7.59. The largest absolute Gasteiger partial charge is 0.383 e. The number of hydrogen-bond acceptors (Lipinski definition) is 10. The average molecular weight is 616 g/mol. The van der Waals surface area contributed by atoms with Gasteiger partial charge in [0, 0.05) is 17.3 Å². The third-order valence-corrected chi connectivity index (χ3v) is 9.22. The molecule has 0 aliphatic carbocycles. The fourth-order valence-electron chi connectivity index (χ4n) is 4.22. The molecule has 43 heavy (non-hydrogen) atoms. The highest BCUT2D eigenvalue weighted by Gasteiger charge is 2.26. The maximum absolute atomic E-state index is 13.3. The molecule has 1 atom stereocenters. The topological polar surface area (TPSA) is 188 Å². The molecule has 1 amide bonds. The molecule has 13 heteroatoms. The molecule has 0 radical (unpaired) electrons. The zero-order valence-electron chi connectivity index (χ0n) is 23.9. The summed E-state index contributed by atoms with van der Waals surface area (Å²) in [5.74, 6) is 0.404. The number of hydrogen-bond donors (Lipinski definition) is 3. The van der Waals surface area contributed by atoms with Crippen LogP contribution in [0, 0.1) is 29.6 Å². The molecular formula is C30H29N7O4S2. The van der Waals surface area contributed by atoms with Crippen molar-refractivity contribution in [2.45, 2.75) is 55.2 Å². The molecule has 220 valence electrons. The lowest BCUT2D eigenvalue weighted by Gasteiger charge is -2.18. The minimum Gasteiger partial charge on any atom is -0.383 e. The lowest BCUT2D eigenvalue weighted by molar-refractivity contribution is -0.115. The number of nitriles is 2. The highest BCUT2D eigenvalue weighted by molar-refractivity contribution is 8.00. The number of amides is 1. The normalized spacial score (nSPS) is 11.9. The van der Waals surface area contributed by atoms with E-state index in [1.165, 1.54) is 30.3 Å². The van der Waals surface area contributed by atoms with E-state index in [9.17, 15) is 23.7 Å². The van der Waals surface area contributed by atoms with Gasteiger partial charge in [-0.3, -0.25) is 9.52 Å². The number of carbonyl (C=O) groups excluding carboxylic acids is 1. The van der Waals surface area contributed by atoms with Crippen molar-refractivity contribution in [2.75, 3.05) is 15.8 Å². The van der Waals surface area contributed by atoms with E-state index in [1.807, 2.05) is 31.2 Å². The smallest absolute Gasteiger partial charge is 0.263 e. The Morgan fingerprint density at radius 3 is 2.26 bits per heavy atom.